The Balaban J connectivity index is 1.63. The minimum atomic E-state index is 0.504. The molecule has 4 nitrogen and oxygen atoms in total. The van der Waals surface area contributed by atoms with Gasteiger partial charge in [-0.3, -0.25) is 0 Å². The molecule has 1 saturated heterocycles. The Hall–Kier alpha value is -1.07. The Labute approximate surface area is 120 Å². The second-order valence-corrected chi connectivity index (χ2v) is 5.43. The van der Waals surface area contributed by atoms with Crippen molar-refractivity contribution in [2.75, 3.05) is 19.6 Å². The number of rotatable bonds is 5. The van der Waals surface area contributed by atoms with Gasteiger partial charge < -0.3 is 20.0 Å². The van der Waals surface area contributed by atoms with E-state index in [0.717, 1.165) is 10.9 Å². The maximum Gasteiger partial charge on any atom is 0.166 e. The largest absolute Gasteiger partial charge is 0.467 e. The molecule has 2 heterocycles. The molecule has 1 aromatic heterocycles. The first-order valence-electron chi connectivity index (χ1n) is 7.07. The van der Waals surface area contributed by atoms with Crippen LogP contribution in [0.4, 0.5) is 0 Å². The van der Waals surface area contributed by atoms with Crippen molar-refractivity contribution in [3.8, 4) is 0 Å². The van der Waals surface area contributed by atoms with Crippen LogP contribution in [0.15, 0.2) is 22.8 Å². The molecule has 0 aromatic carbocycles. The SMILES string of the molecule is CCCN1CCC(NC(=S)NCc2ccco2)CC1. The molecule has 0 saturated carbocycles. The van der Waals surface area contributed by atoms with Crippen LogP contribution in [0.5, 0.6) is 0 Å². The molecule has 0 radical (unpaired) electrons. The van der Waals surface area contributed by atoms with Crippen molar-refractivity contribution in [2.24, 2.45) is 0 Å². The average molecular weight is 281 g/mol. The number of hydrogen-bond donors (Lipinski definition) is 2. The van der Waals surface area contributed by atoms with Crippen LogP contribution in [0, 0.1) is 0 Å². The van der Waals surface area contributed by atoms with Gasteiger partial charge in [0.2, 0.25) is 0 Å². The highest BCUT2D eigenvalue weighted by molar-refractivity contribution is 7.80. The molecule has 0 amide bonds. The third-order valence-corrected chi connectivity index (χ3v) is 3.73. The Morgan fingerprint density at radius 3 is 2.89 bits per heavy atom. The molecular weight excluding hydrogens is 258 g/mol. The first-order chi connectivity index (χ1) is 9.28. The zero-order chi connectivity index (χ0) is 13.5. The summed E-state index contributed by atoms with van der Waals surface area (Å²) in [6.45, 7) is 6.44. The zero-order valence-electron chi connectivity index (χ0n) is 11.5. The van der Waals surface area contributed by atoms with Crippen LogP contribution in [-0.4, -0.2) is 35.7 Å². The number of furan rings is 1. The van der Waals surface area contributed by atoms with Crippen molar-refractivity contribution in [1.82, 2.24) is 15.5 Å². The van der Waals surface area contributed by atoms with Gasteiger partial charge in [0.15, 0.2) is 5.11 Å². The minimum absolute atomic E-state index is 0.504. The molecular formula is C14H23N3OS. The summed E-state index contributed by atoms with van der Waals surface area (Å²) in [7, 11) is 0. The third kappa shape index (κ3) is 4.84. The number of likely N-dealkylation sites (tertiary alicyclic amines) is 1. The predicted octanol–water partition coefficient (Wildman–Crippen LogP) is 2.12. The van der Waals surface area contributed by atoms with Crippen molar-refractivity contribution < 1.29 is 4.42 Å². The van der Waals surface area contributed by atoms with Crippen LogP contribution >= 0.6 is 12.2 Å². The standard InChI is InChI=1S/C14H23N3OS/c1-2-7-17-8-5-12(6-9-17)16-14(19)15-11-13-4-3-10-18-13/h3-4,10,12H,2,5-9,11H2,1H3,(H2,15,16,19). The summed E-state index contributed by atoms with van der Waals surface area (Å²) in [4.78, 5) is 2.53. The zero-order valence-corrected chi connectivity index (χ0v) is 12.3. The van der Waals surface area contributed by atoms with E-state index in [2.05, 4.69) is 22.5 Å². The van der Waals surface area contributed by atoms with Gasteiger partial charge in [-0.25, -0.2) is 0 Å². The lowest BCUT2D eigenvalue weighted by molar-refractivity contribution is 0.206. The van der Waals surface area contributed by atoms with E-state index in [4.69, 9.17) is 16.6 Å². The molecule has 0 spiro atoms. The number of thiocarbonyl (C=S) groups is 1. The molecule has 0 bridgehead atoms. The van der Waals surface area contributed by atoms with Crippen LogP contribution in [0.25, 0.3) is 0 Å². The van der Waals surface area contributed by atoms with Crippen LogP contribution in [0.1, 0.15) is 31.9 Å². The Morgan fingerprint density at radius 2 is 2.26 bits per heavy atom. The number of nitrogens with one attached hydrogen (secondary N) is 2. The fourth-order valence-corrected chi connectivity index (χ4v) is 2.67. The summed E-state index contributed by atoms with van der Waals surface area (Å²) in [5.41, 5.74) is 0. The molecule has 1 aliphatic rings. The van der Waals surface area contributed by atoms with Gasteiger partial charge in [-0.15, -0.1) is 0 Å². The summed E-state index contributed by atoms with van der Waals surface area (Å²) in [5.74, 6) is 0.905. The number of piperidine rings is 1. The van der Waals surface area contributed by atoms with Gasteiger partial charge in [0, 0.05) is 19.1 Å². The molecule has 106 valence electrons. The molecule has 0 aliphatic carbocycles. The van der Waals surface area contributed by atoms with E-state index in [0.29, 0.717) is 12.6 Å². The van der Waals surface area contributed by atoms with Crippen molar-refractivity contribution in [1.29, 1.82) is 0 Å². The van der Waals surface area contributed by atoms with Crippen molar-refractivity contribution in [3.63, 3.8) is 0 Å². The van der Waals surface area contributed by atoms with Gasteiger partial charge in [-0.05, 0) is 50.2 Å². The Kier molecular flexibility index (Phi) is 5.66. The fraction of sp³-hybridized carbons (Fsp3) is 0.643. The van der Waals surface area contributed by atoms with Gasteiger partial charge in [0.05, 0.1) is 12.8 Å². The third-order valence-electron chi connectivity index (χ3n) is 3.47. The second-order valence-electron chi connectivity index (χ2n) is 5.02. The summed E-state index contributed by atoms with van der Waals surface area (Å²) in [6, 6.07) is 4.33. The highest BCUT2D eigenvalue weighted by Crippen LogP contribution is 2.10. The average Bonchev–Trinajstić information content (AvgIpc) is 2.92. The molecule has 0 atom stereocenters. The van der Waals surface area contributed by atoms with E-state index in [1.165, 1.54) is 38.9 Å². The van der Waals surface area contributed by atoms with Crippen molar-refractivity contribution in [3.05, 3.63) is 24.2 Å². The van der Waals surface area contributed by atoms with Gasteiger partial charge >= 0.3 is 0 Å². The highest BCUT2D eigenvalue weighted by atomic mass is 32.1. The number of hydrogen-bond acceptors (Lipinski definition) is 3. The molecule has 19 heavy (non-hydrogen) atoms. The van der Waals surface area contributed by atoms with Crippen LogP contribution < -0.4 is 10.6 Å². The lowest BCUT2D eigenvalue weighted by Crippen LogP contribution is -2.47. The van der Waals surface area contributed by atoms with Gasteiger partial charge in [-0.2, -0.15) is 0 Å². The van der Waals surface area contributed by atoms with E-state index >= 15 is 0 Å². The van der Waals surface area contributed by atoms with Gasteiger partial charge in [-0.1, -0.05) is 6.92 Å². The molecule has 1 aromatic rings. The Bertz CT molecular complexity index is 372. The van der Waals surface area contributed by atoms with Gasteiger partial charge in [0.25, 0.3) is 0 Å². The predicted molar refractivity (Wildman–Crippen MR) is 81.0 cm³/mol. The van der Waals surface area contributed by atoms with Crippen molar-refractivity contribution in [2.45, 2.75) is 38.8 Å². The highest BCUT2D eigenvalue weighted by Gasteiger charge is 2.18. The first-order valence-corrected chi connectivity index (χ1v) is 7.48. The number of nitrogens with zero attached hydrogens (tertiary/aromatic N) is 1. The summed E-state index contributed by atoms with van der Waals surface area (Å²) < 4.78 is 5.26. The quantitative estimate of drug-likeness (QED) is 0.809. The normalized spacial score (nSPS) is 17.3. The van der Waals surface area contributed by atoms with Crippen LogP contribution in [0.3, 0.4) is 0 Å². The first kappa shape index (κ1) is 14.3. The van der Waals surface area contributed by atoms with Crippen LogP contribution in [0.2, 0.25) is 0 Å². The van der Waals surface area contributed by atoms with E-state index in [1.54, 1.807) is 6.26 Å². The lowest BCUT2D eigenvalue weighted by Gasteiger charge is -2.32. The smallest absolute Gasteiger partial charge is 0.166 e. The van der Waals surface area contributed by atoms with Gasteiger partial charge in [0.1, 0.15) is 5.76 Å². The van der Waals surface area contributed by atoms with E-state index in [-0.39, 0.29) is 0 Å². The van der Waals surface area contributed by atoms with E-state index in [1.807, 2.05) is 12.1 Å². The Morgan fingerprint density at radius 1 is 1.47 bits per heavy atom. The second kappa shape index (κ2) is 7.50. The maximum absolute atomic E-state index is 5.31. The van der Waals surface area contributed by atoms with Crippen molar-refractivity contribution >= 4 is 17.3 Å². The fourth-order valence-electron chi connectivity index (χ4n) is 2.43. The topological polar surface area (TPSA) is 40.4 Å². The summed E-state index contributed by atoms with van der Waals surface area (Å²) in [5, 5.41) is 7.30. The molecule has 0 unspecified atom stereocenters. The summed E-state index contributed by atoms with van der Waals surface area (Å²) in [6.07, 6.45) is 5.25. The monoisotopic (exact) mass is 281 g/mol. The summed E-state index contributed by atoms with van der Waals surface area (Å²) >= 11 is 5.31. The lowest BCUT2D eigenvalue weighted by atomic mass is 10.1. The van der Waals surface area contributed by atoms with Crippen LogP contribution in [-0.2, 0) is 6.54 Å². The van der Waals surface area contributed by atoms with E-state index < -0.39 is 0 Å². The van der Waals surface area contributed by atoms with E-state index in [9.17, 15) is 0 Å². The molecule has 2 N–H and O–H groups in total. The molecule has 1 aliphatic heterocycles. The maximum atomic E-state index is 5.31. The molecule has 5 heteroatoms. The minimum Gasteiger partial charge on any atom is -0.467 e. The molecule has 1 fully saturated rings. The molecule has 2 rings (SSSR count).